The first-order chi connectivity index (χ1) is 4.91. The zero-order valence-electron chi connectivity index (χ0n) is 6.65. The number of methoxy groups -OCH3 is 1. The molecule has 0 spiro atoms. The summed E-state index contributed by atoms with van der Waals surface area (Å²) in [4.78, 5) is 0. The van der Waals surface area contributed by atoms with Gasteiger partial charge in [-0.2, -0.15) is 0 Å². The third-order valence-electron chi connectivity index (χ3n) is 1.14. The van der Waals surface area contributed by atoms with Crippen molar-refractivity contribution in [3.8, 4) is 11.8 Å². The summed E-state index contributed by atoms with van der Waals surface area (Å²) in [7, 11) is 1.66. The predicted molar refractivity (Wildman–Crippen MR) is 43.5 cm³/mol. The SMILES string of the molecule is [CH2]CCCCC#CCOC. The van der Waals surface area contributed by atoms with Crippen molar-refractivity contribution in [2.24, 2.45) is 0 Å². The highest BCUT2D eigenvalue weighted by Gasteiger charge is 1.79. The minimum atomic E-state index is 0.560. The Labute approximate surface area is 63.8 Å². The van der Waals surface area contributed by atoms with Gasteiger partial charge in [0.15, 0.2) is 0 Å². The quantitative estimate of drug-likeness (QED) is 0.428. The van der Waals surface area contributed by atoms with Crippen LogP contribution in [0, 0.1) is 18.8 Å². The van der Waals surface area contributed by atoms with E-state index in [1.807, 2.05) is 0 Å². The van der Waals surface area contributed by atoms with E-state index < -0.39 is 0 Å². The zero-order chi connectivity index (χ0) is 7.66. The lowest BCUT2D eigenvalue weighted by Crippen LogP contribution is -1.80. The maximum atomic E-state index is 4.76. The van der Waals surface area contributed by atoms with Crippen LogP contribution in [0.15, 0.2) is 0 Å². The van der Waals surface area contributed by atoms with Gasteiger partial charge in [-0.05, 0) is 6.42 Å². The molecule has 1 heteroatoms. The van der Waals surface area contributed by atoms with Gasteiger partial charge in [0.25, 0.3) is 0 Å². The summed E-state index contributed by atoms with van der Waals surface area (Å²) in [5.41, 5.74) is 0. The number of hydrogen-bond donors (Lipinski definition) is 0. The van der Waals surface area contributed by atoms with Crippen molar-refractivity contribution in [2.45, 2.75) is 25.7 Å². The third kappa shape index (κ3) is 7.52. The largest absolute Gasteiger partial charge is 0.372 e. The average molecular weight is 139 g/mol. The van der Waals surface area contributed by atoms with E-state index in [2.05, 4.69) is 18.8 Å². The summed E-state index contributed by atoms with van der Waals surface area (Å²) in [5, 5.41) is 0. The molecular weight excluding hydrogens is 124 g/mol. The molecule has 10 heavy (non-hydrogen) atoms. The molecule has 57 valence electrons. The number of ether oxygens (including phenoxy) is 1. The lowest BCUT2D eigenvalue weighted by Gasteiger charge is -1.88. The van der Waals surface area contributed by atoms with E-state index in [9.17, 15) is 0 Å². The fourth-order valence-electron chi connectivity index (χ4n) is 0.602. The van der Waals surface area contributed by atoms with Gasteiger partial charge in [-0.1, -0.05) is 25.7 Å². The number of rotatable bonds is 4. The molecule has 1 radical (unpaired) electrons. The number of unbranched alkanes of at least 4 members (excludes halogenated alkanes) is 3. The molecular formula is C9H15O. The van der Waals surface area contributed by atoms with Gasteiger partial charge in [0, 0.05) is 13.5 Å². The van der Waals surface area contributed by atoms with Crippen LogP contribution in [0.3, 0.4) is 0 Å². The summed E-state index contributed by atoms with van der Waals surface area (Å²) in [6, 6.07) is 0. The van der Waals surface area contributed by atoms with Crippen LogP contribution in [-0.4, -0.2) is 13.7 Å². The van der Waals surface area contributed by atoms with Gasteiger partial charge < -0.3 is 4.74 Å². The highest BCUT2D eigenvalue weighted by atomic mass is 16.5. The van der Waals surface area contributed by atoms with Gasteiger partial charge in [0.2, 0.25) is 0 Å². The molecule has 0 aromatic carbocycles. The van der Waals surface area contributed by atoms with Gasteiger partial charge in [-0.15, -0.1) is 5.92 Å². The molecule has 0 amide bonds. The fourth-order valence-corrected chi connectivity index (χ4v) is 0.602. The van der Waals surface area contributed by atoms with Crippen LogP contribution in [0.2, 0.25) is 0 Å². The van der Waals surface area contributed by atoms with E-state index in [4.69, 9.17) is 4.74 Å². The maximum Gasteiger partial charge on any atom is 0.107 e. The van der Waals surface area contributed by atoms with Gasteiger partial charge in [0.1, 0.15) is 6.61 Å². The smallest absolute Gasteiger partial charge is 0.107 e. The van der Waals surface area contributed by atoms with Crippen LogP contribution >= 0.6 is 0 Å². The van der Waals surface area contributed by atoms with Crippen LogP contribution in [0.1, 0.15) is 25.7 Å². The second kappa shape index (κ2) is 8.52. The third-order valence-corrected chi connectivity index (χ3v) is 1.14. The van der Waals surface area contributed by atoms with E-state index in [0.717, 1.165) is 12.8 Å². The van der Waals surface area contributed by atoms with Crippen LogP contribution in [0.25, 0.3) is 0 Å². The van der Waals surface area contributed by atoms with Gasteiger partial charge in [0.05, 0.1) is 0 Å². The Kier molecular flexibility index (Phi) is 8.11. The fraction of sp³-hybridized carbons (Fsp3) is 0.667. The summed E-state index contributed by atoms with van der Waals surface area (Å²) >= 11 is 0. The van der Waals surface area contributed by atoms with Crippen molar-refractivity contribution < 1.29 is 4.74 Å². The normalized spacial score (nSPS) is 8.60. The standard InChI is InChI=1S/C9H15O/c1-3-4-5-6-7-8-9-10-2/h1,3-6,9H2,2H3. The molecule has 0 rings (SSSR count). The molecule has 0 bridgehead atoms. The predicted octanol–water partition coefficient (Wildman–Crippen LogP) is 2.03. The van der Waals surface area contributed by atoms with Crippen LogP contribution < -0.4 is 0 Å². The summed E-state index contributed by atoms with van der Waals surface area (Å²) in [5.74, 6) is 5.92. The van der Waals surface area contributed by atoms with Crippen molar-refractivity contribution >= 4 is 0 Å². The Hall–Kier alpha value is -0.480. The first kappa shape index (κ1) is 9.52. The lowest BCUT2D eigenvalue weighted by molar-refractivity contribution is 0.239. The van der Waals surface area contributed by atoms with E-state index in [1.54, 1.807) is 7.11 Å². The molecule has 0 saturated heterocycles. The Balaban J connectivity index is 2.96. The van der Waals surface area contributed by atoms with Crippen molar-refractivity contribution in [2.75, 3.05) is 13.7 Å². The molecule has 0 atom stereocenters. The van der Waals surface area contributed by atoms with E-state index in [-0.39, 0.29) is 0 Å². The molecule has 0 unspecified atom stereocenters. The van der Waals surface area contributed by atoms with Crippen molar-refractivity contribution in [3.63, 3.8) is 0 Å². The first-order valence-electron chi connectivity index (χ1n) is 3.65. The minimum absolute atomic E-state index is 0.560. The minimum Gasteiger partial charge on any atom is -0.372 e. The Morgan fingerprint density at radius 2 is 2.10 bits per heavy atom. The molecule has 0 fully saturated rings. The molecule has 1 nitrogen and oxygen atoms in total. The summed E-state index contributed by atoms with van der Waals surface area (Å²) in [6.45, 7) is 4.31. The van der Waals surface area contributed by atoms with E-state index in [1.165, 1.54) is 12.8 Å². The Morgan fingerprint density at radius 1 is 1.30 bits per heavy atom. The molecule has 0 heterocycles. The van der Waals surface area contributed by atoms with Crippen molar-refractivity contribution in [1.29, 1.82) is 0 Å². The molecule has 0 aromatic rings. The highest BCUT2D eigenvalue weighted by molar-refractivity contribution is 4.98. The number of hydrogen-bond acceptors (Lipinski definition) is 1. The Bertz CT molecular complexity index is 108. The second-order valence-corrected chi connectivity index (χ2v) is 2.10. The Morgan fingerprint density at radius 3 is 2.70 bits per heavy atom. The van der Waals surface area contributed by atoms with E-state index >= 15 is 0 Å². The van der Waals surface area contributed by atoms with Gasteiger partial charge in [-0.3, -0.25) is 0 Å². The highest BCUT2D eigenvalue weighted by Crippen LogP contribution is 1.95. The van der Waals surface area contributed by atoms with Gasteiger partial charge in [-0.25, -0.2) is 0 Å². The van der Waals surface area contributed by atoms with Crippen molar-refractivity contribution in [1.82, 2.24) is 0 Å². The first-order valence-corrected chi connectivity index (χ1v) is 3.65. The van der Waals surface area contributed by atoms with Crippen LogP contribution in [-0.2, 0) is 4.74 Å². The molecule has 0 N–H and O–H groups in total. The second-order valence-electron chi connectivity index (χ2n) is 2.10. The van der Waals surface area contributed by atoms with E-state index in [0.29, 0.717) is 6.61 Å². The van der Waals surface area contributed by atoms with Crippen molar-refractivity contribution in [3.05, 3.63) is 6.92 Å². The maximum absolute atomic E-state index is 4.76. The topological polar surface area (TPSA) is 9.23 Å². The monoisotopic (exact) mass is 139 g/mol. The molecule has 0 aliphatic heterocycles. The average Bonchev–Trinajstić information content (AvgIpc) is 1.97. The molecule has 0 aromatic heterocycles. The summed E-state index contributed by atoms with van der Waals surface area (Å²) in [6.07, 6.45) is 4.35. The molecule has 0 aliphatic carbocycles. The zero-order valence-corrected chi connectivity index (χ0v) is 6.65. The lowest BCUT2D eigenvalue weighted by atomic mass is 10.2. The van der Waals surface area contributed by atoms with Gasteiger partial charge >= 0.3 is 0 Å². The summed E-state index contributed by atoms with van der Waals surface area (Å²) < 4.78 is 4.76. The molecule has 0 saturated carbocycles. The van der Waals surface area contributed by atoms with Crippen LogP contribution in [0.4, 0.5) is 0 Å². The molecule has 0 aliphatic rings. The van der Waals surface area contributed by atoms with Crippen LogP contribution in [0.5, 0.6) is 0 Å².